The molecule has 0 aromatic carbocycles. The zero-order valence-electron chi connectivity index (χ0n) is 8.25. The molecule has 0 saturated heterocycles. The van der Waals surface area contributed by atoms with Gasteiger partial charge in [-0.15, -0.1) is 13.2 Å². The van der Waals surface area contributed by atoms with E-state index < -0.39 is 0 Å². The van der Waals surface area contributed by atoms with Crippen molar-refractivity contribution in [3.05, 3.63) is 25.8 Å². The van der Waals surface area contributed by atoms with Crippen LogP contribution in [0.4, 0.5) is 0 Å². The van der Waals surface area contributed by atoms with Gasteiger partial charge in [-0.2, -0.15) is 0 Å². The maximum atomic E-state index is 10.3. The summed E-state index contributed by atoms with van der Waals surface area (Å²) in [6, 6.07) is 0. The highest BCUT2D eigenvalue weighted by Crippen LogP contribution is 1.88. The minimum absolute atomic E-state index is 0.330. The molecular formula is C10H18O3. The molecule has 76 valence electrons. The SMILES string of the molecule is C=C.C=CC(=O)OCCCC.C=O. The average molecular weight is 186 g/mol. The van der Waals surface area contributed by atoms with Crippen LogP contribution in [0, 0.1) is 0 Å². The second kappa shape index (κ2) is 22.4. The number of ether oxygens (including phenoxy) is 1. The minimum Gasteiger partial charge on any atom is -0.463 e. The first-order valence-electron chi connectivity index (χ1n) is 3.89. The first-order valence-corrected chi connectivity index (χ1v) is 3.89. The summed E-state index contributed by atoms with van der Waals surface area (Å²) < 4.78 is 4.67. The van der Waals surface area contributed by atoms with Crippen LogP contribution in [0.1, 0.15) is 19.8 Å². The van der Waals surface area contributed by atoms with Crippen LogP contribution in [-0.4, -0.2) is 19.4 Å². The lowest BCUT2D eigenvalue weighted by atomic mass is 10.4. The van der Waals surface area contributed by atoms with E-state index in [4.69, 9.17) is 4.79 Å². The monoisotopic (exact) mass is 186 g/mol. The molecule has 0 rings (SSSR count). The van der Waals surface area contributed by atoms with E-state index >= 15 is 0 Å². The number of esters is 1. The second-order valence-corrected chi connectivity index (χ2v) is 1.73. The Morgan fingerprint density at radius 2 is 1.85 bits per heavy atom. The maximum Gasteiger partial charge on any atom is 0.330 e. The van der Waals surface area contributed by atoms with Gasteiger partial charge in [0, 0.05) is 6.08 Å². The lowest BCUT2D eigenvalue weighted by molar-refractivity contribution is -0.137. The van der Waals surface area contributed by atoms with E-state index in [2.05, 4.69) is 24.5 Å². The Morgan fingerprint density at radius 3 is 2.15 bits per heavy atom. The molecule has 0 aromatic rings. The molecule has 0 heterocycles. The lowest BCUT2D eigenvalue weighted by Crippen LogP contribution is -2.00. The molecular weight excluding hydrogens is 168 g/mol. The molecule has 3 heteroatoms. The van der Waals surface area contributed by atoms with Gasteiger partial charge in [0.15, 0.2) is 0 Å². The maximum absolute atomic E-state index is 10.3. The Kier molecular flexibility index (Phi) is 30.4. The molecule has 0 N–H and O–H groups in total. The summed E-state index contributed by atoms with van der Waals surface area (Å²) in [5.41, 5.74) is 0. The highest BCUT2D eigenvalue weighted by Gasteiger charge is 1.91. The third-order valence-electron chi connectivity index (χ3n) is 0.909. The van der Waals surface area contributed by atoms with Crippen LogP contribution >= 0.6 is 0 Å². The van der Waals surface area contributed by atoms with Crippen LogP contribution in [0.25, 0.3) is 0 Å². The largest absolute Gasteiger partial charge is 0.463 e. The molecule has 0 aliphatic heterocycles. The van der Waals surface area contributed by atoms with Gasteiger partial charge in [0.2, 0.25) is 0 Å². The quantitative estimate of drug-likeness (QED) is 0.292. The van der Waals surface area contributed by atoms with Gasteiger partial charge in [0.1, 0.15) is 6.79 Å². The van der Waals surface area contributed by atoms with Crippen molar-refractivity contribution in [1.82, 2.24) is 0 Å². The number of unbranched alkanes of at least 4 members (excludes halogenated alkanes) is 1. The fourth-order valence-electron chi connectivity index (χ4n) is 0.376. The molecule has 0 radical (unpaired) electrons. The van der Waals surface area contributed by atoms with Gasteiger partial charge >= 0.3 is 5.97 Å². The molecule has 0 amide bonds. The zero-order chi connectivity index (χ0) is 11.1. The molecule has 0 aliphatic carbocycles. The van der Waals surface area contributed by atoms with Crippen molar-refractivity contribution < 1.29 is 14.3 Å². The van der Waals surface area contributed by atoms with Crippen LogP contribution < -0.4 is 0 Å². The van der Waals surface area contributed by atoms with Crippen molar-refractivity contribution in [1.29, 1.82) is 0 Å². The van der Waals surface area contributed by atoms with Crippen LogP contribution in [-0.2, 0) is 14.3 Å². The summed E-state index contributed by atoms with van der Waals surface area (Å²) in [6.45, 7) is 13.8. The van der Waals surface area contributed by atoms with Crippen molar-refractivity contribution in [2.75, 3.05) is 6.61 Å². The Hall–Kier alpha value is -1.38. The Labute approximate surface area is 80.1 Å². The van der Waals surface area contributed by atoms with E-state index in [0.29, 0.717) is 6.61 Å². The highest BCUT2D eigenvalue weighted by molar-refractivity contribution is 5.81. The number of carbonyl (C=O) groups excluding carboxylic acids is 2. The summed E-state index contributed by atoms with van der Waals surface area (Å²) in [6.07, 6.45) is 3.15. The third-order valence-corrected chi connectivity index (χ3v) is 0.909. The van der Waals surface area contributed by atoms with E-state index in [9.17, 15) is 4.79 Å². The van der Waals surface area contributed by atoms with Gasteiger partial charge in [-0.05, 0) is 6.42 Å². The molecule has 0 bridgehead atoms. The molecule has 3 nitrogen and oxygen atoms in total. The first kappa shape index (κ1) is 17.6. The molecule has 13 heavy (non-hydrogen) atoms. The Balaban J connectivity index is -0.000000218. The van der Waals surface area contributed by atoms with Gasteiger partial charge in [0.25, 0.3) is 0 Å². The molecule has 0 fully saturated rings. The van der Waals surface area contributed by atoms with Crippen LogP contribution in [0.5, 0.6) is 0 Å². The van der Waals surface area contributed by atoms with Gasteiger partial charge in [-0.25, -0.2) is 4.79 Å². The fourth-order valence-corrected chi connectivity index (χ4v) is 0.376. The van der Waals surface area contributed by atoms with Gasteiger partial charge < -0.3 is 9.53 Å². The van der Waals surface area contributed by atoms with Crippen molar-refractivity contribution in [2.45, 2.75) is 19.8 Å². The number of hydrogen-bond acceptors (Lipinski definition) is 3. The minimum atomic E-state index is -0.330. The van der Waals surface area contributed by atoms with Gasteiger partial charge in [-0.3, -0.25) is 0 Å². The first-order chi connectivity index (χ1) is 6.31. The normalized spacial score (nSPS) is 6.54. The predicted octanol–water partition coefficient (Wildman–Crippen LogP) is 2.13. The Bertz CT molecular complexity index is 119. The van der Waals surface area contributed by atoms with E-state index in [-0.39, 0.29) is 5.97 Å². The smallest absolute Gasteiger partial charge is 0.330 e. The van der Waals surface area contributed by atoms with Crippen LogP contribution in [0.3, 0.4) is 0 Å². The van der Waals surface area contributed by atoms with Crippen LogP contribution in [0.15, 0.2) is 25.8 Å². The second-order valence-electron chi connectivity index (χ2n) is 1.73. The van der Waals surface area contributed by atoms with Crippen molar-refractivity contribution in [3.63, 3.8) is 0 Å². The average Bonchev–Trinajstić information content (AvgIpc) is 2.24. The number of hydrogen-bond donors (Lipinski definition) is 0. The summed E-state index contributed by atoms with van der Waals surface area (Å²) in [4.78, 5) is 18.3. The van der Waals surface area contributed by atoms with Crippen molar-refractivity contribution in [3.8, 4) is 0 Å². The molecule has 0 saturated carbocycles. The van der Waals surface area contributed by atoms with Crippen molar-refractivity contribution in [2.24, 2.45) is 0 Å². The summed E-state index contributed by atoms with van der Waals surface area (Å²) in [5.74, 6) is -0.330. The topological polar surface area (TPSA) is 43.4 Å². The zero-order valence-corrected chi connectivity index (χ0v) is 8.25. The molecule has 0 aromatic heterocycles. The lowest BCUT2D eigenvalue weighted by Gasteiger charge is -1.97. The molecule has 0 atom stereocenters. The van der Waals surface area contributed by atoms with E-state index in [0.717, 1.165) is 12.8 Å². The number of rotatable bonds is 4. The standard InChI is InChI=1S/C7H12O2.C2H4.CH2O/c1-3-5-6-9-7(8)4-2;2*1-2/h4H,2-3,5-6H2,1H3;1-2H2;1H2. The summed E-state index contributed by atoms with van der Waals surface area (Å²) in [7, 11) is 0. The van der Waals surface area contributed by atoms with Gasteiger partial charge in [-0.1, -0.05) is 19.9 Å². The van der Waals surface area contributed by atoms with E-state index in [1.165, 1.54) is 6.08 Å². The summed E-state index contributed by atoms with van der Waals surface area (Å²) in [5, 5.41) is 0. The number of carbonyl (C=O) groups is 2. The van der Waals surface area contributed by atoms with Crippen LogP contribution in [0.2, 0.25) is 0 Å². The molecule has 0 aliphatic rings. The predicted molar refractivity (Wildman–Crippen MR) is 54.4 cm³/mol. The third kappa shape index (κ3) is 25.0. The molecule has 0 unspecified atom stereocenters. The summed E-state index contributed by atoms with van der Waals surface area (Å²) >= 11 is 0. The van der Waals surface area contributed by atoms with Gasteiger partial charge in [0.05, 0.1) is 6.61 Å². The highest BCUT2D eigenvalue weighted by atomic mass is 16.5. The van der Waals surface area contributed by atoms with Crippen molar-refractivity contribution >= 4 is 12.8 Å². The Morgan fingerprint density at radius 1 is 1.38 bits per heavy atom. The molecule has 0 spiro atoms. The fraction of sp³-hybridized carbons (Fsp3) is 0.400. The van der Waals surface area contributed by atoms with E-state index in [1.807, 2.05) is 13.7 Å². The van der Waals surface area contributed by atoms with E-state index in [1.54, 1.807) is 0 Å².